The molecule has 0 aromatic rings. The van der Waals surface area contributed by atoms with Crippen LogP contribution in [0.5, 0.6) is 0 Å². The summed E-state index contributed by atoms with van der Waals surface area (Å²) in [5, 5.41) is 0. The number of hydrogen-bond acceptors (Lipinski definition) is 4. The average molecular weight is 306 g/mol. The summed E-state index contributed by atoms with van der Waals surface area (Å²) < 4.78 is 16.5. The van der Waals surface area contributed by atoms with E-state index in [1.165, 1.54) is 6.08 Å². The average Bonchev–Trinajstić information content (AvgIpc) is 2.45. The first-order valence-corrected chi connectivity index (χ1v) is 7.62. The van der Waals surface area contributed by atoms with Gasteiger partial charge in [-0.05, 0) is 34.1 Å². The third-order valence-corrected chi connectivity index (χ3v) is 3.52. The lowest BCUT2D eigenvalue weighted by atomic mass is 9.93. The van der Waals surface area contributed by atoms with Gasteiger partial charge in [-0.3, -0.25) is 0 Å². The normalized spacial score (nSPS) is 28.4. The summed E-state index contributed by atoms with van der Waals surface area (Å²) in [6, 6.07) is 0. The lowest BCUT2D eigenvalue weighted by Gasteiger charge is -2.43. The number of esters is 1. The predicted octanol–water partition coefficient (Wildman–Crippen LogP) is 3.23. The van der Waals surface area contributed by atoms with Crippen LogP contribution in [0.2, 0.25) is 0 Å². The van der Waals surface area contributed by atoms with E-state index >= 15 is 0 Å². The van der Waals surface area contributed by atoms with E-state index in [9.17, 15) is 4.79 Å². The second-order valence-corrected chi connectivity index (χ2v) is 5.89. The quantitative estimate of drug-likeness (QED) is 0.338. The van der Waals surface area contributed by atoms with Crippen molar-refractivity contribution in [2.45, 2.75) is 59.0 Å². The van der Waals surface area contributed by atoms with Crippen molar-refractivity contribution in [1.29, 1.82) is 0 Å². The highest BCUT2D eigenvalue weighted by atomic mass is 16.7. The Morgan fingerprint density at radius 2 is 2.05 bits per heavy atom. The Labute approximate surface area is 133 Å². The highest BCUT2D eigenvalue weighted by molar-refractivity contribution is 5.82. The van der Waals surface area contributed by atoms with Crippen LogP contribution in [0.1, 0.15) is 41.0 Å². The first-order chi connectivity index (χ1) is 10.3. The summed E-state index contributed by atoms with van der Waals surface area (Å²) in [5.41, 5.74) is 0.977. The number of rotatable bonds is 5. The Bertz CT molecular complexity index is 482. The highest BCUT2D eigenvalue weighted by Gasteiger charge is 2.39. The fourth-order valence-corrected chi connectivity index (χ4v) is 2.32. The van der Waals surface area contributed by atoms with Crippen molar-refractivity contribution in [2.75, 3.05) is 6.61 Å². The molecule has 1 aliphatic heterocycles. The maximum absolute atomic E-state index is 11.3. The summed E-state index contributed by atoms with van der Waals surface area (Å²) in [7, 11) is 0. The molecule has 122 valence electrons. The first kappa shape index (κ1) is 18.5. The van der Waals surface area contributed by atoms with E-state index < -0.39 is 5.79 Å². The first-order valence-electron chi connectivity index (χ1n) is 7.62. The van der Waals surface area contributed by atoms with Crippen molar-refractivity contribution >= 4 is 5.97 Å². The van der Waals surface area contributed by atoms with Gasteiger partial charge in [0.15, 0.2) is 5.79 Å². The van der Waals surface area contributed by atoms with E-state index in [-0.39, 0.29) is 24.1 Å². The van der Waals surface area contributed by atoms with Crippen LogP contribution in [0.15, 0.2) is 23.8 Å². The third kappa shape index (κ3) is 5.67. The van der Waals surface area contributed by atoms with Gasteiger partial charge in [0, 0.05) is 12.0 Å². The Balaban J connectivity index is 2.66. The topological polar surface area (TPSA) is 44.8 Å². The molecular formula is C18H26O4. The van der Waals surface area contributed by atoms with Gasteiger partial charge in [-0.2, -0.15) is 0 Å². The minimum atomic E-state index is -0.684. The molecule has 0 amide bonds. The molecule has 4 heteroatoms. The SMILES string of the molecule is C#C[C@H]1OC(C)(C)O[C@H](C/C=C(C)/C=C/C(=O)OCC)[C@H]1C. The lowest BCUT2D eigenvalue weighted by Crippen LogP contribution is -2.49. The zero-order valence-corrected chi connectivity index (χ0v) is 14.1. The van der Waals surface area contributed by atoms with Crippen LogP contribution in [0.3, 0.4) is 0 Å². The molecule has 1 aliphatic rings. The molecule has 0 aromatic heterocycles. The van der Waals surface area contributed by atoms with Crippen LogP contribution in [-0.2, 0) is 19.0 Å². The van der Waals surface area contributed by atoms with Crippen molar-refractivity contribution in [1.82, 2.24) is 0 Å². The second-order valence-electron chi connectivity index (χ2n) is 5.89. The van der Waals surface area contributed by atoms with E-state index in [0.717, 1.165) is 5.57 Å². The van der Waals surface area contributed by atoms with Crippen LogP contribution in [0.4, 0.5) is 0 Å². The predicted molar refractivity (Wildman–Crippen MR) is 86.0 cm³/mol. The second kappa shape index (κ2) is 8.17. The summed E-state index contributed by atoms with van der Waals surface area (Å²) >= 11 is 0. The molecule has 0 N–H and O–H groups in total. The fraction of sp³-hybridized carbons (Fsp3) is 0.611. The minimum Gasteiger partial charge on any atom is -0.463 e. The van der Waals surface area contributed by atoms with E-state index in [1.54, 1.807) is 13.0 Å². The van der Waals surface area contributed by atoms with Gasteiger partial charge in [0.05, 0.1) is 12.7 Å². The van der Waals surface area contributed by atoms with Gasteiger partial charge in [-0.1, -0.05) is 30.6 Å². The smallest absolute Gasteiger partial charge is 0.330 e. The number of terminal acetylenes is 1. The fourth-order valence-electron chi connectivity index (χ4n) is 2.32. The Morgan fingerprint density at radius 1 is 1.36 bits per heavy atom. The van der Waals surface area contributed by atoms with Crippen LogP contribution in [0, 0.1) is 18.3 Å². The molecule has 0 unspecified atom stereocenters. The summed E-state index contributed by atoms with van der Waals surface area (Å²) in [6.45, 7) is 9.86. The summed E-state index contributed by atoms with van der Waals surface area (Å²) in [4.78, 5) is 11.3. The highest BCUT2D eigenvalue weighted by Crippen LogP contribution is 2.32. The molecule has 1 rings (SSSR count). The van der Waals surface area contributed by atoms with Gasteiger partial charge in [-0.25, -0.2) is 4.79 Å². The van der Waals surface area contributed by atoms with Gasteiger partial charge in [0.1, 0.15) is 6.10 Å². The molecule has 0 saturated carbocycles. The molecule has 1 fully saturated rings. The Hall–Kier alpha value is -1.57. The van der Waals surface area contributed by atoms with Gasteiger partial charge < -0.3 is 14.2 Å². The summed E-state index contributed by atoms with van der Waals surface area (Å²) in [6.07, 6.45) is 11.2. The molecule has 0 aromatic carbocycles. The Kier molecular flexibility index (Phi) is 6.86. The molecule has 22 heavy (non-hydrogen) atoms. The van der Waals surface area contributed by atoms with Crippen molar-refractivity contribution in [3.8, 4) is 12.3 Å². The molecule has 3 atom stereocenters. The van der Waals surface area contributed by atoms with E-state index in [0.29, 0.717) is 13.0 Å². The molecule has 0 radical (unpaired) electrons. The van der Waals surface area contributed by atoms with Crippen molar-refractivity contribution in [2.24, 2.45) is 5.92 Å². The number of allylic oxidation sites excluding steroid dienone is 2. The number of carbonyl (C=O) groups excluding carboxylic acids is 1. The van der Waals surface area contributed by atoms with Crippen molar-refractivity contribution in [3.63, 3.8) is 0 Å². The van der Waals surface area contributed by atoms with Gasteiger partial charge >= 0.3 is 5.97 Å². The largest absolute Gasteiger partial charge is 0.463 e. The van der Waals surface area contributed by atoms with E-state index in [4.69, 9.17) is 20.6 Å². The van der Waals surface area contributed by atoms with Gasteiger partial charge in [-0.15, -0.1) is 6.42 Å². The number of hydrogen-bond donors (Lipinski definition) is 0. The number of ether oxygens (including phenoxy) is 3. The molecule has 1 heterocycles. The zero-order chi connectivity index (χ0) is 16.8. The molecule has 0 bridgehead atoms. The number of carbonyl (C=O) groups is 1. The standard InChI is InChI=1S/C18H26O4/c1-7-15-14(4)16(22-18(5,6)21-15)11-9-13(3)10-12-17(19)20-8-2/h1,9-10,12,14-16H,8,11H2,2-6H3/b12-10+,13-9+/t14-,15+,16+/m0/s1. The van der Waals surface area contributed by atoms with Crippen molar-refractivity contribution in [3.05, 3.63) is 23.8 Å². The Morgan fingerprint density at radius 3 is 2.64 bits per heavy atom. The van der Waals surface area contributed by atoms with Gasteiger partial charge in [0.2, 0.25) is 0 Å². The minimum absolute atomic E-state index is 0.0178. The summed E-state index contributed by atoms with van der Waals surface area (Å²) in [5.74, 6) is 1.77. The van der Waals surface area contributed by atoms with Gasteiger partial charge in [0.25, 0.3) is 0 Å². The zero-order valence-electron chi connectivity index (χ0n) is 14.1. The maximum Gasteiger partial charge on any atom is 0.330 e. The molecule has 1 saturated heterocycles. The molecular weight excluding hydrogens is 280 g/mol. The molecule has 0 spiro atoms. The van der Waals surface area contributed by atoms with Crippen LogP contribution in [-0.4, -0.2) is 30.6 Å². The van der Waals surface area contributed by atoms with Crippen LogP contribution < -0.4 is 0 Å². The maximum atomic E-state index is 11.3. The van der Waals surface area contributed by atoms with E-state index in [2.05, 4.69) is 5.92 Å². The third-order valence-electron chi connectivity index (χ3n) is 3.52. The van der Waals surface area contributed by atoms with Crippen molar-refractivity contribution < 1.29 is 19.0 Å². The van der Waals surface area contributed by atoms with E-state index in [1.807, 2.05) is 33.8 Å². The van der Waals surface area contributed by atoms with Crippen LogP contribution in [0.25, 0.3) is 0 Å². The monoisotopic (exact) mass is 306 g/mol. The molecule has 4 nitrogen and oxygen atoms in total. The molecule has 0 aliphatic carbocycles. The van der Waals surface area contributed by atoms with Crippen LogP contribution >= 0.6 is 0 Å². The lowest BCUT2D eigenvalue weighted by molar-refractivity contribution is -0.306.